The SMILES string of the molecule is CCCCn1c(C)c(C(N)=O)c(-c2ccc(Cl)cc2)c1CC. The molecule has 0 aliphatic carbocycles. The number of primary amides is 1. The Kier molecular flexibility index (Phi) is 5.30. The Morgan fingerprint density at radius 1 is 1.23 bits per heavy atom. The lowest BCUT2D eigenvalue weighted by Gasteiger charge is -2.11. The molecule has 2 aromatic rings. The molecule has 0 radical (unpaired) electrons. The molecule has 0 atom stereocenters. The van der Waals surface area contributed by atoms with Crippen molar-refractivity contribution in [2.45, 2.75) is 46.6 Å². The molecule has 0 aliphatic rings. The Labute approximate surface area is 137 Å². The number of amides is 1. The van der Waals surface area contributed by atoms with Crippen molar-refractivity contribution in [2.24, 2.45) is 5.73 Å². The van der Waals surface area contributed by atoms with E-state index in [-0.39, 0.29) is 5.91 Å². The number of aromatic nitrogens is 1. The molecular formula is C18H23ClN2O. The Morgan fingerprint density at radius 2 is 1.86 bits per heavy atom. The maximum absolute atomic E-state index is 12.0. The minimum absolute atomic E-state index is 0.368. The standard InChI is InChI=1S/C18H23ClN2O/c1-4-6-11-21-12(3)16(18(20)22)17(15(21)5-2)13-7-9-14(19)10-8-13/h7-10H,4-6,11H2,1-3H3,(H2,20,22). The van der Waals surface area contributed by atoms with Crippen LogP contribution in [0.4, 0.5) is 0 Å². The van der Waals surface area contributed by atoms with Gasteiger partial charge >= 0.3 is 0 Å². The van der Waals surface area contributed by atoms with Crippen LogP contribution in [0.25, 0.3) is 11.1 Å². The van der Waals surface area contributed by atoms with Gasteiger partial charge in [-0.15, -0.1) is 0 Å². The number of nitrogens with two attached hydrogens (primary N) is 1. The van der Waals surface area contributed by atoms with Crippen molar-refractivity contribution in [3.63, 3.8) is 0 Å². The molecule has 4 heteroatoms. The second kappa shape index (κ2) is 7.01. The van der Waals surface area contributed by atoms with Crippen LogP contribution in [0.3, 0.4) is 0 Å². The first-order valence-electron chi connectivity index (χ1n) is 7.78. The second-order valence-corrected chi connectivity index (χ2v) is 5.95. The number of nitrogens with zero attached hydrogens (tertiary/aromatic N) is 1. The van der Waals surface area contributed by atoms with E-state index in [2.05, 4.69) is 18.4 Å². The topological polar surface area (TPSA) is 48.0 Å². The summed E-state index contributed by atoms with van der Waals surface area (Å²) in [6.45, 7) is 7.18. The van der Waals surface area contributed by atoms with Gasteiger partial charge in [0.15, 0.2) is 0 Å². The molecule has 118 valence electrons. The molecule has 0 spiro atoms. The van der Waals surface area contributed by atoms with Crippen LogP contribution in [0.2, 0.25) is 5.02 Å². The van der Waals surface area contributed by atoms with E-state index in [9.17, 15) is 4.79 Å². The lowest BCUT2D eigenvalue weighted by atomic mass is 9.99. The van der Waals surface area contributed by atoms with Crippen LogP contribution in [-0.2, 0) is 13.0 Å². The van der Waals surface area contributed by atoms with Gasteiger partial charge in [0.2, 0.25) is 0 Å². The van der Waals surface area contributed by atoms with Crippen LogP contribution in [-0.4, -0.2) is 10.5 Å². The van der Waals surface area contributed by atoms with E-state index in [1.54, 1.807) is 0 Å². The summed E-state index contributed by atoms with van der Waals surface area (Å²) in [6.07, 6.45) is 3.06. The molecule has 2 N–H and O–H groups in total. The third-order valence-corrected chi connectivity index (χ3v) is 4.33. The normalized spacial score (nSPS) is 10.9. The highest BCUT2D eigenvalue weighted by Crippen LogP contribution is 2.34. The maximum Gasteiger partial charge on any atom is 0.251 e. The zero-order valence-corrected chi connectivity index (χ0v) is 14.2. The van der Waals surface area contributed by atoms with Gasteiger partial charge in [-0.2, -0.15) is 0 Å². The summed E-state index contributed by atoms with van der Waals surface area (Å²) in [6, 6.07) is 7.60. The molecule has 3 nitrogen and oxygen atoms in total. The van der Waals surface area contributed by atoms with E-state index in [1.807, 2.05) is 31.2 Å². The van der Waals surface area contributed by atoms with Gasteiger partial charge in [-0.3, -0.25) is 4.79 Å². The molecule has 22 heavy (non-hydrogen) atoms. The number of carbonyl (C=O) groups is 1. The Hall–Kier alpha value is -1.74. The molecule has 1 aromatic carbocycles. The minimum Gasteiger partial charge on any atom is -0.366 e. The molecule has 0 unspecified atom stereocenters. The Morgan fingerprint density at radius 3 is 2.36 bits per heavy atom. The zero-order valence-electron chi connectivity index (χ0n) is 13.4. The third-order valence-electron chi connectivity index (χ3n) is 4.08. The van der Waals surface area contributed by atoms with Crippen LogP contribution >= 0.6 is 11.6 Å². The second-order valence-electron chi connectivity index (χ2n) is 5.51. The van der Waals surface area contributed by atoms with E-state index in [0.29, 0.717) is 10.6 Å². The average molecular weight is 319 g/mol. The molecule has 0 saturated heterocycles. The van der Waals surface area contributed by atoms with E-state index in [4.69, 9.17) is 17.3 Å². The summed E-state index contributed by atoms with van der Waals surface area (Å²) in [5, 5.41) is 0.685. The molecule has 0 bridgehead atoms. The van der Waals surface area contributed by atoms with Crippen LogP contribution < -0.4 is 5.73 Å². The van der Waals surface area contributed by atoms with Crippen molar-refractivity contribution >= 4 is 17.5 Å². The number of hydrogen-bond acceptors (Lipinski definition) is 1. The number of hydrogen-bond donors (Lipinski definition) is 1. The first kappa shape index (κ1) is 16.6. The highest BCUT2D eigenvalue weighted by molar-refractivity contribution is 6.30. The van der Waals surface area contributed by atoms with Crippen LogP contribution in [0.1, 0.15) is 48.4 Å². The van der Waals surface area contributed by atoms with Crippen molar-refractivity contribution in [1.82, 2.24) is 4.57 Å². The first-order valence-corrected chi connectivity index (χ1v) is 8.16. The van der Waals surface area contributed by atoms with Crippen LogP contribution in [0.15, 0.2) is 24.3 Å². The number of unbranched alkanes of at least 4 members (excludes halogenated alkanes) is 1. The molecule has 0 saturated carbocycles. The highest BCUT2D eigenvalue weighted by atomic mass is 35.5. The van der Waals surface area contributed by atoms with Gasteiger partial charge in [-0.1, -0.05) is 44.0 Å². The zero-order chi connectivity index (χ0) is 16.3. The smallest absolute Gasteiger partial charge is 0.251 e. The largest absolute Gasteiger partial charge is 0.366 e. The van der Waals surface area contributed by atoms with Gasteiger partial charge in [0.1, 0.15) is 0 Å². The van der Waals surface area contributed by atoms with Gasteiger partial charge in [-0.05, 0) is 37.5 Å². The highest BCUT2D eigenvalue weighted by Gasteiger charge is 2.23. The fourth-order valence-electron chi connectivity index (χ4n) is 3.01. The summed E-state index contributed by atoms with van der Waals surface area (Å²) < 4.78 is 2.24. The van der Waals surface area contributed by atoms with Crippen LogP contribution in [0, 0.1) is 6.92 Å². The fraction of sp³-hybridized carbons (Fsp3) is 0.389. The number of carbonyl (C=O) groups excluding carboxylic acids is 1. The van der Waals surface area contributed by atoms with Crippen molar-refractivity contribution in [2.75, 3.05) is 0 Å². The lowest BCUT2D eigenvalue weighted by molar-refractivity contribution is 0.1000. The van der Waals surface area contributed by atoms with Gasteiger partial charge in [-0.25, -0.2) is 0 Å². The summed E-state index contributed by atoms with van der Waals surface area (Å²) >= 11 is 5.98. The molecule has 0 aliphatic heterocycles. The summed E-state index contributed by atoms with van der Waals surface area (Å²) in [4.78, 5) is 12.0. The van der Waals surface area contributed by atoms with E-state index >= 15 is 0 Å². The van der Waals surface area contributed by atoms with Crippen molar-refractivity contribution in [1.29, 1.82) is 0 Å². The van der Waals surface area contributed by atoms with Crippen molar-refractivity contribution < 1.29 is 4.79 Å². The Bertz CT molecular complexity index is 671. The molecule has 1 heterocycles. The van der Waals surface area contributed by atoms with Gasteiger partial charge < -0.3 is 10.3 Å². The van der Waals surface area contributed by atoms with E-state index in [1.165, 1.54) is 5.69 Å². The quantitative estimate of drug-likeness (QED) is 0.832. The van der Waals surface area contributed by atoms with Crippen molar-refractivity contribution in [3.8, 4) is 11.1 Å². The van der Waals surface area contributed by atoms with Crippen molar-refractivity contribution in [3.05, 3.63) is 46.2 Å². The van der Waals surface area contributed by atoms with E-state index in [0.717, 1.165) is 42.6 Å². The molecular weight excluding hydrogens is 296 g/mol. The number of benzene rings is 1. The molecule has 0 fully saturated rings. The average Bonchev–Trinajstić information content (AvgIpc) is 2.78. The predicted octanol–water partition coefficient (Wildman–Crippen LogP) is 4.58. The molecule has 1 amide bonds. The molecule has 1 aromatic heterocycles. The number of rotatable bonds is 6. The third kappa shape index (κ3) is 3.05. The summed E-state index contributed by atoms with van der Waals surface area (Å²) in [7, 11) is 0. The minimum atomic E-state index is -0.368. The first-order chi connectivity index (χ1) is 10.5. The maximum atomic E-state index is 12.0. The fourth-order valence-corrected chi connectivity index (χ4v) is 3.14. The number of halogens is 1. The molecule has 2 rings (SSSR count). The lowest BCUT2D eigenvalue weighted by Crippen LogP contribution is -2.13. The summed E-state index contributed by atoms with van der Waals surface area (Å²) in [5.74, 6) is -0.368. The predicted molar refractivity (Wildman–Crippen MR) is 92.4 cm³/mol. The summed E-state index contributed by atoms with van der Waals surface area (Å²) in [5.41, 5.74) is 10.4. The van der Waals surface area contributed by atoms with Gasteiger partial charge in [0, 0.05) is 28.5 Å². The van der Waals surface area contributed by atoms with Gasteiger partial charge in [0.05, 0.1) is 5.56 Å². The van der Waals surface area contributed by atoms with E-state index < -0.39 is 0 Å². The van der Waals surface area contributed by atoms with Crippen LogP contribution in [0.5, 0.6) is 0 Å². The van der Waals surface area contributed by atoms with Gasteiger partial charge in [0.25, 0.3) is 5.91 Å². The monoisotopic (exact) mass is 318 g/mol. The Balaban J connectivity index is 2.69.